The molecule has 0 saturated heterocycles. The summed E-state index contributed by atoms with van der Waals surface area (Å²) in [6.07, 6.45) is 2.18. The molecule has 0 saturated carbocycles. The molecule has 0 aliphatic heterocycles. The Labute approximate surface area is 200 Å². The Morgan fingerprint density at radius 1 is 1.21 bits per heavy atom. The van der Waals surface area contributed by atoms with Crippen LogP contribution in [0.3, 0.4) is 0 Å². The van der Waals surface area contributed by atoms with E-state index in [4.69, 9.17) is 15.9 Å². The molecule has 5 N–H and O–H groups in total. The smallest absolute Gasteiger partial charge is 0.270 e. The quantitative estimate of drug-likeness (QED) is 0.401. The molecule has 0 aliphatic carbocycles. The summed E-state index contributed by atoms with van der Waals surface area (Å²) in [6.45, 7) is 4.36. The number of anilines is 1. The monoisotopic (exact) mass is 487 g/mol. The third kappa shape index (κ3) is 5.79. The molecule has 0 fully saturated rings. The third-order valence-electron chi connectivity index (χ3n) is 5.09. The number of amides is 3. The first kappa shape index (κ1) is 24.9. The van der Waals surface area contributed by atoms with Crippen LogP contribution in [0.2, 0.25) is 0 Å². The van der Waals surface area contributed by atoms with Crippen LogP contribution in [0.15, 0.2) is 47.1 Å². The molecule has 180 valence electrons. The maximum absolute atomic E-state index is 13.7. The lowest BCUT2D eigenvalue weighted by molar-refractivity contribution is -0.126. The van der Waals surface area contributed by atoms with E-state index in [2.05, 4.69) is 9.69 Å². The van der Waals surface area contributed by atoms with Crippen LogP contribution in [0.5, 0.6) is 0 Å². The maximum Gasteiger partial charge on any atom is 0.270 e. The fourth-order valence-corrected chi connectivity index (χ4v) is 4.07. The molecule has 2 aromatic heterocycles. The maximum atomic E-state index is 13.7. The van der Waals surface area contributed by atoms with Crippen molar-refractivity contribution in [3.05, 3.63) is 70.4 Å². The van der Waals surface area contributed by atoms with Gasteiger partial charge in [0, 0.05) is 6.54 Å². The van der Waals surface area contributed by atoms with Crippen LogP contribution >= 0.6 is 11.5 Å². The van der Waals surface area contributed by atoms with Gasteiger partial charge in [0.1, 0.15) is 22.5 Å². The lowest BCUT2D eigenvalue weighted by Gasteiger charge is -2.30. The fraction of sp³-hybridized carbons (Fsp3) is 0.304. The number of halogens is 1. The molecule has 3 aromatic rings. The zero-order chi connectivity index (χ0) is 24.8. The number of hydrogen-bond acceptors (Lipinski definition) is 7. The number of rotatable bonds is 10. The molecule has 11 heteroatoms. The van der Waals surface area contributed by atoms with Crippen molar-refractivity contribution in [1.82, 2.24) is 14.6 Å². The van der Waals surface area contributed by atoms with Crippen LogP contribution in [0.1, 0.15) is 57.8 Å². The van der Waals surface area contributed by atoms with Crippen LogP contribution in [0.4, 0.5) is 10.1 Å². The highest BCUT2D eigenvalue weighted by Crippen LogP contribution is 2.30. The van der Waals surface area contributed by atoms with Gasteiger partial charge in [-0.3, -0.25) is 14.4 Å². The molecule has 0 bridgehead atoms. The minimum absolute atomic E-state index is 0.0394. The van der Waals surface area contributed by atoms with Gasteiger partial charge in [0.05, 0.1) is 18.5 Å². The van der Waals surface area contributed by atoms with Gasteiger partial charge in [-0.25, -0.2) is 4.39 Å². The molecule has 3 rings (SSSR count). The molecule has 0 radical (unpaired) electrons. The first-order valence-electron chi connectivity index (χ1n) is 10.6. The highest BCUT2D eigenvalue weighted by atomic mass is 32.1. The molecule has 0 unspecified atom stereocenters. The normalized spacial score (nSPS) is 11.9. The summed E-state index contributed by atoms with van der Waals surface area (Å²) in [4.78, 5) is 39.8. The number of furan rings is 1. The molecule has 9 nitrogen and oxygen atoms in total. The second-order valence-electron chi connectivity index (χ2n) is 8.08. The number of carbonyl (C=O) groups excluding carboxylic acids is 3. The predicted octanol–water partition coefficient (Wildman–Crippen LogP) is 3.10. The van der Waals surface area contributed by atoms with E-state index >= 15 is 0 Å². The van der Waals surface area contributed by atoms with Gasteiger partial charge in [0.15, 0.2) is 5.69 Å². The van der Waals surface area contributed by atoms with Gasteiger partial charge in [-0.2, -0.15) is 4.37 Å². The van der Waals surface area contributed by atoms with Gasteiger partial charge < -0.3 is 26.1 Å². The Balaban J connectivity index is 2.05. The average molecular weight is 488 g/mol. The SMILES string of the molecule is CC(C)CCNC(=O)[C@H](c1ccc(F)cc1)N(Cc1ccco1)C(=O)c1snc(C(N)=O)c1N. The lowest BCUT2D eigenvalue weighted by atomic mass is 10.0. The van der Waals surface area contributed by atoms with E-state index in [0.717, 1.165) is 6.42 Å². The molecule has 3 amide bonds. The Morgan fingerprint density at radius 2 is 1.91 bits per heavy atom. The summed E-state index contributed by atoms with van der Waals surface area (Å²) in [7, 11) is 0. The molecule has 0 aliphatic rings. The predicted molar refractivity (Wildman–Crippen MR) is 125 cm³/mol. The number of nitrogen functional groups attached to an aromatic ring is 1. The highest BCUT2D eigenvalue weighted by Gasteiger charge is 2.35. The average Bonchev–Trinajstić information content (AvgIpc) is 3.43. The Kier molecular flexibility index (Phi) is 8.00. The van der Waals surface area contributed by atoms with Crippen LogP contribution in [-0.2, 0) is 11.3 Å². The molecule has 0 spiro atoms. The van der Waals surface area contributed by atoms with Crippen molar-refractivity contribution in [2.45, 2.75) is 32.9 Å². The van der Waals surface area contributed by atoms with Crippen LogP contribution in [-0.4, -0.2) is 33.5 Å². The van der Waals surface area contributed by atoms with Crippen molar-refractivity contribution in [2.24, 2.45) is 11.7 Å². The zero-order valence-corrected chi connectivity index (χ0v) is 19.6. The summed E-state index contributed by atoms with van der Waals surface area (Å²) < 4.78 is 23.0. The zero-order valence-electron chi connectivity index (χ0n) is 18.8. The van der Waals surface area contributed by atoms with E-state index in [-0.39, 0.29) is 22.8 Å². The van der Waals surface area contributed by atoms with Crippen LogP contribution < -0.4 is 16.8 Å². The largest absolute Gasteiger partial charge is 0.467 e. The van der Waals surface area contributed by atoms with E-state index in [0.29, 0.717) is 35.3 Å². The molecular weight excluding hydrogens is 461 g/mol. The molecule has 1 atom stereocenters. The van der Waals surface area contributed by atoms with Gasteiger partial charge >= 0.3 is 0 Å². The molecule has 1 aromatic carbocycles. The fourth-order valence-electron chi connectivity index (χ4n) is 3.31. The number of aromatic nitrogens is 1. The Morgan fingerprint density at radius 3 is 2.47 bits per heavy atom. The van der Waals surface area contributed by atoms with Crippen molar-refractivity contribution < 1.29 is 23.2 Å². The van der Waals surface area contributed by atoms with Crippen LogP contribution in [0.25, 0.3) is 0 Å². The first-order valence-corrected chi connectivity index (χ1v) is 11.4. The number of carbonyl (C=O) groups is 3. The van der Waals surface area contributed by atoms with Crippen molar-refractivity contribution >= 4 is 34.9 Å². The summed E-state index contributed by atoms with van der Waals surface area (Å²) in [6, 6.07) is 7.48. The first-order chi connectivity index (χ1) is 16.2. The lowest BCUT2D eigenvalue weighted by Crippen LogP contribution is -2.43. The standard InChI is InChI=1S/C23H26FN5O4S/c1-13(2)9-10-27-22(31)19(14-5-7-15(24)8-6-14)29(12-16-4-3-11-33-16)23(32)20-17(25)18(21(26)30)28-34-20/h3-8,11,13,19H,9-10,12,25H2,1-2H3,(H2,26,30)(H,27,31)/t19-/m0/s1. The summed E-state index contributed by atoms with van der Waals surface area (Å²) >= 11 is 0.713. The molecule has 2 heterocycles. The second-order valence-corrected chi connectivity index (χ2v) is 8.85. The van der Waals surface area contributed by atoms with Crippen LogP contribution in [0, 0.1) is 11.7 Å². The highest BCUT2D eigenvalue weighted by molar-refractivity contribution is 7.09. The molecule has 34 heavy (non-hydrogen) atoms. The summed E-state index contributed by atoms with van der Waals surface area (Å²) in [5, 5.41) is 2.86. The minimum atomic E-state index is -1.14. The number of benzene rings is 1. The minimum Gasteiger partial charge on any atom is -0.467 e. The number of nitrogens with two attached hydrogens (primary N) is 2. The van der Waals surface area contributed by atoms with Gasteiger partial charge in [-0.15, -0.1) is 0 Å². The number of nitrogens with one attached hydrogen (secondary N) is 1. The van der Waals surface area contributed by atoms with Gasteiger partial charge in [-0.1, -0.05) is 26.0 Å². The second kappa shape index (κ2) is 10.9. The van der Waals surface area contributed by atoms with Crippen molar-refractivity contribution in [2.75, 3.05) is 12.3 Å². The summed E-state index contributed by atoms with van der Waals surface area (Å²) in [5.74, 6) is -1.68. The van der Waals surface area contributed by atoms with E-state index in [1.54, 1.807) is 12.1 Å². The Bertz CT molecular complexity index is 1140. The number of hydrogen-bond donors (Lipinski definition) is 3. The topological polar surface area (TPSA) is 145 Å². The Hall–Kier alpha value is -3.73. The van der Waals surface area contributed by atoms with Gasteiger partial charge in [0.25, 0.3) is 11.8 Å². The van der Waals surface area contributed by atoms with E-state index in [1.165, 1.54) is 35.4 Å². The van der Waals surface area contributed by atoms with E-state index in [9.17, 15) is 18.8 Å². The number of nitrogens with zero attached hydrogens (tertiary/aromatic N) is 2. The van der Waals surface area contributed by atoms with Crippen molar-refractivity contribution in [3.63, 3.8) is 0 Å². The summed E-state index contributed by atoms with van der Waals surface area (Å²) in [5.41, 5.74) is 11.3. The third-order valence-corrected chi connectivity index (χ3v) is 5.94. The van der Waals surface area contributed by atoms with E-state index < -0.39 is 29.6 Å². The van der Waals surface area contributed by atoms with Crippen molar-refractivity contribution in [1.29, 1.82) is 0 Å². The van der Waals surface area contributed by atoms with Crippen molar-refractivity contribution in [3.8, 4) is 0 Å². The van der Waals surface area contributed by atoms with E-state index in [1.807, 2.05) is 13.8 Å². The number of primary amides is 1. The van der Waals surface area contributed by atoms with Gasteiger partial charge in [0.2, 0.25) is 5.91 Å². The van der Waals surface area contributed by atoms with Gasteiger partial charge in [-0.05, 0) is 53.7 Å². The molecular formula is C23H26FN5O4S.